The normalized spacial score (nSPS) is 15.5. The lowest BCUT2D eigenvalue weighted by molar-refractivity contribution is 0.494. The molecule has 0 amide bonds. The molecule has 0 bridgehead atoms. The van der Waals surface area contributed by atoms with Gasteiger partial charge in [-0.05, 0) is 49.6 Å². The first-order valence-electron chi connectivity index (χ1n) is 8.83. The fourth-order valence-electron chi connectivity index (χ4n) is 3.76. The van der Waals surface area contributed by atoms with E-state index >= 15 is 0 Å². The Morgan fingerprint density at radius 2 is 1.68 bits per heavy atom. The summed E-state index contributed by atoms with van der Waals surface area (Å²) in [5.41, 5.74) is 6.11. The van der Waals surface area contributed by atoms with Gasteiger partial charge in [0.15, 0.2) is 0 Å². The molecule has 128 valence electrons. The van der Waals surface area contributed by atoms with Crippen LogP contribution in [0.5, 0.6) is 0 Å². The highest BCUT2D eigenvalue weighted by atomic mass is 35.5. The number of nitrogens with one attached hydrogen (secondary N) is 1. The summed E-state index contributed by atoms with van der Waals surface area (Å²) >= 11 is 5.99. The van der Waals surface area contributed by atoms with Gasteiger partial charge in [-0.25, -0.2) is 0 Å². The Kier molecular flexibility index (Phi) is 4.50. The predicted octanol–water partition coefficient (Wildman–Crippen LogP) is 5.42. The molecule has 0 atom stereocenters. The van der Waals surface area contributed by atoms with E-state index in [1.165, 1.54) is 22.5 Å². The molecule has 0 unspecified atom stereocenters. The first-order valence-corrected chi connectivity index (χ1v) is 9.21. The van der Waals surface area contributed by atoms with E-state index in [9.17, 15) is 0 Å². The summed E-state index contributed by atoms with van der Waals surface area (Å²) in [5, 5.41) is 8.70. The molecule has 1 saturated heterocycles. The zero-order valence-corrected chi connectivity index (χ0v) is 15.1. The second kappa shape index (κ2) is 6.93. The second-order valence-electron chi connectivity index (χ2n) is 6.71. The van der Waals surface area contributed by atoms with Crippen molar-refractivity contribution in [2.45, 2.75) is 25.7 Å². The summed E-state index contributed by atoms with van der Waals surface area (Å²) in [6.07, 6.45) is 2.28. The summed E-state index contributed by atoms with van der Waals surface area (Å²) in [6.45, 7) is 4.31. The third-order valence-corrected chi connectivity index (χ3v) is 5.44. The summed E-state index contributed by atoms with van der Waals surface area (Å²) in [6, 6.07) is 18.6. The molecule has 3 aromatic rings. The van der Waals surface area contributed by atoms with Crippen LogP contribution in [0.1, 0.15) is 30.0 Å². The van der Waals surface area contributed by atoms with Crippen molar-refractivity contribution in [1.82, 2.24) is 10.2 Å². The van der Waals surface area contributed by atoms with Crippen molar-refractivity contribution >= 4 is 17.3 Å². The minimum absolute atomic E-state index is 0.550. The Morgan fingerprint density at radius 3 is 2.36 bits per heavy atom. The Balaban J connectivity index is 1.48. The maximum atomic E-state index is 5.99. The van der Waals surface area contributed by atoms with Gasteiger partial charge in [-0.1, -0.05) is 41.9 Å². The molecule has 1 aromatic heterocycles. The van der Waals surface area contributed by atoms with Gasteiger partial charge < -0.3 is 4.90 Å². The number of H-pyrrole nitrogens is 1. The highest BCUT2D eigenvalue weighted by Crippen LogP contribution is 2.34. The van der Waals surface area contributed by atoms with Gasteiger partial charge in [-0.3, -0.25) is 5.10 Å². The molecule has 3 nitrogen and oxygen atoms in total. The molecule has 2 heterocycles. The van der Waals surface area contributed by atoms with Crippen LogP contribution in [0.15, 0.2) is 54.6 Å². The van der Waals surface area contributed by atoms with Crippen LogP contribution in [-0.2, 0) is 0 Å². The van der Waals surface area contributed by atoms with E-state index in [1.54, 1.807) is 0 Å². The zero-order valence-electron chi connectivity index (χ0n) is 14.4. The van der Waals surface area contributed by atoms with Crippen molar-refractivity contribution < 1.29 is 0 Å². The fraction of sp³-hybridized carbons (Fsp3) is 0.286. The first-order chi connectivity index (χ1) is 12.2. The summed E-state index contributed by atoms with van der Waals surface area (Å²) in [7, 11) is 0. The lowest BCUT2D eigenvalue weighted by Gasteiger charge is -2.33. The Bertz CT molecular complexity index is 831. The SMILES string of the molecule is Cc1c(-c2ccccc2)n[nH]c1C1CCN(c2ccc(Cl)cc2)CC1. The van der Waals surface area contributed by atoms with E-state index in [-0.39, 0.29) is 0 Å². The monoisotopic (exact) mass is 351 g/mol. The van der Waals surface area contributed by atoms with Gasteiger partial charge in [0, 0.05) is 41.0 Å². The fourth-order valence-corrected chi connectivity index (χ4v) is 3.89. The van der Waals surface area contributed by atoms with Gasteiger partial charge in [0.1, 0.15) is 0 Å². The van der Waals surface area contributed by atoms with E-state index in [0.717, 1.165) is 36.6 Å². The smallest absolute Gasteiger partial charge is 0.0952 e. The highest BCUT2D eigenvalue weighted by molar-refractivity contribution is 6.30. The van der Waals surface area contributed by atoms with Crippen LogP contribution >= 0.6 is 11.6 Å². The maximum absolute atomic E-state index is 5.99. The molecular formula is C21H22ClN3. The van der Waals surface area contributed by atoms with Crippen LogP contribution in [0.25, 0.3) is 11.3 Å². The number of piperidine rings is 1. The van der Waals surface area contributed by atoms with Crippen LogP contribution in [0.2, 0.25) is 5.02 Å². The lowest BCUT2D eigenvalue weighted by Crippen LogP contribution is -2.33. The van der Waals surface area contributed by atoms with Gasteiger partial charge in [-0.15, -0.1) is 0 Å². The van der Waals surface area contributed by atoms with Crippen molar-refractivity contribution in [1.29, 1.82) is 0 Å². The number of halogens is 1. The van der Waals surface area contributed by atoms with Gasteiger partial charge in [-0.2, -0.15) is 5.10 Å². The largest absolute Gasteiger partial charge is 0.371 e. The minimum Gasteiger partial charge on any atom is -0.371 e. The molecule has 0 aliphatic carbocycles. The molecule has 0 spiro atoms. The molecule has 4 heteroatoms. The average Bonchev–Trinajstić information content (AvgIpc) is 3.05. The number of hydrogen-bond donors (Lipinski definition) is 1. The number of aromatic amines is 1. The third kappa shape index (κ3) is 3.29. The topological polar surface area (TPSA) is 31.9 Å². The number of rotatable bonds is 3. The third-order valence-electron chi connectivity index (χ3n) is 5.19. The minimum atomic E-state index is 0.550. The van der Waals surface area contributed by atoms with Crippen LogP contribution in [-0.4, -0.2) is 23.3 Å². The van der Waals surface area contributed by atoms with E-state index in [4.69, 9.17) is 11.6 Å². The summed E-state index contributed by atoms with van der Waals surface area (Å²) in [5.74, 6) is 0.550. The van der Waals surface area contributed by atoms with Crippen molar-refractivity contribution in [2.24, 2.45) is 0 Å². The lowest BCUT2D eigenvalue weighted by atomic mass is 9.90. The Morgan fingerprint density at radius 1 is 1.00 bits per heavy atom. The van der Waals surface area contributed by atoms with Gasteiger partial charge >= 0.3 is 0 Å². The van der Waals surface area contributed by atoms with Gasteiger partial charge in [0.05, 0.1) is 5.69 Å². The van der Waals surface area contributed by atoms with Gasteiger partial charge in [0.2, 0.25) is 0 Å². The molecule has 2 aromatic carbocycles. The number of hydrogen-bond acceptors (Lipinski definition) is 2. The van der Waals surface area contributed by atoms with Crippen LogP contribution in [0.4, 0.5) is 5.69 Å². The second-order valence-corrected chi connectivity index (χ2v) is 7.15. The van der Waals surface area contributed by atoms with Crippen molar-refractivity contribution in [2.75, 3.05) is 18.0 Å². The molecule has 0 radical (unpaired) electrons. The molecule has 1 aliphatic heterocycles. The van der Waals surface area contributed by atoms with E-state index < -0.39 is 0 Å². The zero-order chi connectivity index (χ0) is 17.2. The number of nitrogens with zero attached hydrogens (tertiary/aromatic N) is 2. The molecule has 1 aliphatic rings. The van der Waals surface area contributed by atoms with Crippen molar-refractivity contribution in [3.63, 3.8) is 0 Å². The molecule has 1 fully saturated rings. The van der Waals surface area contributed by atoms with Crippen molar-refractivity contribution in [3.05, 3.63) is 70.9 Å². The first kappa shape index (κ1) is 16.2. The van der Waals surface area contributed by atoms with Gasteiger partial charge in [0.25, 0.3) is 0 Å². The number of anilines is 1. The molecule has 4 rings (SSSR count). The van der Waals surface area contributed by atoms with Crippen molar-refractivity contribution in [3.8, 4) is 11.3 Å². The van der Waals surface area contributed by atoms with E-state index in [1.807, 2.05) is 18.2 Å². The van der Waals surface area contributed by atoms with E-state index in [0.29, 0.717) is 5.92 Å². The highest BCUT2D eigenvalue weighted by Gasteiger charge is 2.24. The van der Waals surface area contributed by atoms with Crippen LogP contribution in [0.3, 0.4) is 0 Å². The number of benzene rings is 2. The summed E-state index contributed by atoms with van der Waals surface area (Å²) < 4.78 is 0. The summed E-state index contributed by atoms with van der Waals surface area (Å²) in [4.78, 5) is 2.44. The standard InChI is InChI=1S/C21H22ClN3/c1-15-20(16-5-3-2-4-6-16)23-24-21(15)17-11-13-25(14-12-17)19-9-7-18(22)8-10-19/h2-10,17H,11-14H2,1H3,(H,23,24). The van der Waals surface area contributed by atoms with Crippen LogP contribution < -0.4 is 4.90 Å². The van der Waals surface area contributed by atoms with E-state index in [2.05, 4.69) is 58.4 Å². The quantitative estimate of drug-likeness (QED) is 0.683. The molecular weight excluding hydrogens is 330 g/mol. The number of aromatic nitrogens is 2. The molecule has 25 heavy (non-hydrogen) atoms. The Labute approximate surface area is 153 Å². The Hall–Kier alpha value is -2.26. The molecule has 0 saturated carbocycles. The average molecular weight is 352 g/mol. The molecule has 1 N–H and O–H groups in total. The maximum Gasteiger partial charge on any atom is 0.0952 e. The van der Waals surface area contributed by atoms with Crippen LogP contribution in [0, 0.1) is 6.92 Å². The predicted molar refractivity (Wildman–Crippen MR) is 104 cm³/mol.